The van der Waals surface area contributed by atoms with Gasteiger partial charge in [0.25, 0.3) is 0 Å². The van der Waals surface area contributed by atoms with Crippen molar-refractivity contribution in [3.8, 4) is 11.5 Å². The van der Waals surface area contributed by atoms with Crippen LogP contribution in [0.3, 0.4) is 0 Å². The van der Waals surface area contributed by atoms with Gasteiger partial charge in [0.15, 0.2) is 0 Å². The maximum absolute atomic E-state index is 12.6. The summed E-state index contributed by atoms with van der Waals surface area (Å²) < 4.78 is 33.9. The fourth-order valence-electron chi connectivity index (χ4n) is 2.62. The fourth-order valence-corrected chi connectivity index (χ4v) is 4.32. The second kappa shape index (κ2) is 10.3. The Morgan fingerprint density at radius 1 is 0.889 bits per heavy atom. The lowest BCUT2D eigenvalue weighted by molar-refractivity contribution is 0.219. The zero-order valence-electron chi connectivity index (χ0n) is 16.3. The quantitative estimate of drug-likeness (QED) is 0.388. The lowest BCUT2D eigenvalue weighted by atomic mass is 10.1. The summed E-state index contributed by atoms with van der Waals surface area (Å²) in [6, 6.07) is 13.5. The maximum Gasteiger partial charge on any atom is 0.335 e. The molecule has 6 heteroatoms. The van der Waals surface area contributed by atoms with E-state index in [1.165, 1.54) is 0 Å². The average Bonchev–Trinajstić information content (AvgIpc) is 2.67. The highest BCUT2D eigenvalue weighted by atomic mass is 31.2. The van der Waals surface area contributed by atoms with Crippen molar-refractivity contribution in [1.29, 1.82) is 0 Å². The summed E-state index contributed by atoms with van der Waals surface area (Å²) >= 11 is 0. The Balaban J connectivity index is 2.11. The van der Waals surface area contributed by atoms with Crippen molar-refractivity contribution in [2.75, 3.05) is 27.4 Å². The smallest absolute Gasteiger partial charge is 0.335 e. The first-order chi connectivity index (χ1) is 13.0. The molecule has 0 saturated heterocycles. The van der Waals surface area contributed by atoms with E-state index in [0.29, 0.717) is 13.2 Å². The molecule has 27 heavy (non-hydrogen) atoms. The molecule has 0 atom stereocenters. The van der Waals surface area contributed by atoms with E-state index < -0.39 is 7.60 Å². The van der Waals surface area contributed by atoms with Crippen LogP contribution in [0.4, 0.5) is 0 Å². The largest absolute Gasteiger partial charge is 0.497 e. The van der Waals surface area contributed by atoms with Crippen LogP contribution in [-0.2, 0) is 19.8 Å². The summed E-state index contributed by atoms with van der Waals surface area (Å²) in [5.74, 6) is 1.50. The number of methoxy groups -OCH3 is 2. The van der Waals surface area contributed by atoms with Crippen molar-refractivity contribution in [2.24, 2.45) is 0 Å². The van der Waals surface area contributed by atoms with E-state index in [-0.39, 0.29) is 6.16 Å². The Bertz CT molecular complexity index is 789. The van der Waals surface area contributed by atoms with E-state index in [1.54, 1.807) is 14.2 Å². The average molecular weight is 390 g/mol. The van der Waals surface area contributed by atoms with Gasteiger partial charge in [-0.1, -0.05) is 36.4 Å². The third kappa shape index (κ3) is 6.24. The highest BCUT2D eigenvalue weighted by molar-refractivity contribution is 7.53. The van der Waals surface area contributed by atoms with Crippen molar-refractivity contribution in [2.45, 2.75) is 20.0 Å². The lowest BCUT2D eigenvalue weighted by Gasteiger charge is -2.16. The monoisotopic (exact) mass is 390 g/mol. The van der Waals surface area contributed by atoms with Gasteiger partial charge in [0.1, 0.15) is 11.5 Å². The van der Waals surface area contributed by atoms with Gasteiger partial charge >= 0.3 is 7.60 Å². The molecule has 0 aliphatic carbocycles. The van der Waals surface area contributed by atoms with E-state index in [1.807, 2.05) is 68.5 Å². The Morgan fingerprint density at radius 2 is 1.56 bits per heavy atom. The van der Waals surface area contributed by atoms with Gasteiger partial charge in [0.2, 0.25) is 0 Å². The Hall–Kier alpha value is -2.07. The van der Waals surface area contributed by atoms with Gasteiger partial charge in [-0.2, -0.15) is 0 Å². The van der Waals surface area contributed by atoms with Crippen LogP contribution in [0, 0.1) is 0 Å². The predicted octanol–water partition coefficient (Wildman–Crippen LogP) is 5.64. The number of benzene rings is 2. The maximum atomic E-state index is 12.6. The van der Waals surface area contributed by atoms with Crippen molar-refractivity contribution >= 4 is 19.7 Å². The second-order valence-electron chi connectivity index (χ2n) is 5.79. The van der Waals surface area contributed by atoms with E-state index in [9.17, 15) is 4.57 Å². The molecular formula is C21H27O5P. The van der Waals surface area contributed by atoms with Gasteiger partial charge in [-0.15, -0.1) is 0 Å². The third-order valence-corrected chi connectivity index (χ3v) is 5.96. The second-order valence-corrected chi connectivity index (χ2v) is 7.84. The minimum Gasteiger partial charge on any atom is -0.497 e. The first kappa shape index (κ1) is 21.2. The SMILES string of the molecule is CCOP(=O)(Cc1ccc(/C=C/c2ccc(OC)cc2OC)cc1)OCC. The summed E-state index contributed by atoms with van der Waals surface area (Å²) in [7, 11) is 0.177. The van der Waals surface area contributed by atoms with Crippen molar-refractivity contribution < 1.29 is 23.1 Å². The molecule has 146 valence electrons. The number of hydrogen-bond donors (Lipinski definition) is 0. The minimum absolute atomic E-state index is 0.269. The zero-order valence-corrected chi connectivity index (χ0v) is 17.2. The van der Waals surface area contributed by atoms with E-state index in [0.717, 1.165) is 28.2 Å². The molecule has 0 radical (unpaired) electrons. The van der Waals surface area contributed by atoms with Crippen LogP contribution in [0.2, 0.25) is 0 Å². The molecule has 0 heterocycles. The van der Waals surface area contributed by atoms with Gasteiger partial charge in [-0.05, 0) is 37.1 Å². The predicted molar refractivity (Wildman–Crippen MR) is 109 cm³/mol. The van der Waals surface area contributed by atoms with E-state index >= 15 is 0 Å². The molecule has 2 aromatic carbocycles. The van der Waals surface area contributed by atoms with Gasteiger partial charge in [-0.3, -0.25) is 4.57 Å². The molecule has 0 aliphatic heterocycles. The van der Waals surface area contributed by atoms with Crippen molar-refractivity contribution in [1.82, 2.24) is 0 Å². The first-order valence-electron chi connectivity index (χ1n) is 8.90. The molecule has 0 saturated carbocycles. The number of ether oxygens (including phenoxy) is 2. The summed E-state index contributed by atoms with van der Waals surface area (Å²) in [6.45, 7) is 4.35. The van der Waals surface area contributed by atoms with E-state index in [2.05, 4.69) is 0 Å². The summed E-state index contributed by atoms with van der Waals surface area (Å²) in [5, 5.41) is 0. The third-order valence-electron chi connectivity index (χ3n) is 3.90. The van der Waals surface area contributed by atoms with Crippen LogP contribution < -0.4 is 9.47 Å². The summed E-state index contributed by atoms with van der Waals surface area (Å²) in [4.78, 5) is 0. The standard InChI is InChI=1S/C21H27O5P/c1-5-25-27(22,26-6-2)16-18-9-7-17(8-10-18)11-12-19-13-14-20(23-3)15-21(19)24-4/h7-15H,5-6,16H2,1-4H3/b12-11+. The van der Waals surface area contributed by atoms with Crippen LogP contribution in [0.25, 0.3) is 12.2 Å². The molecule has 2 rings (SSSR count). The number of hydrogen-bond acceptors (Lipinski definition) is 5. The molecule has 0 bridgehead atoms. The fraction of sp³-hybridized carbons (Fsp3) is 0.333. The molecule has 0 N–H and O–H groups in total. The Morgan fingerprint density at radius 3 is 2.11 bits per heavy atom. The normalized spacial score (nSPS) is 11.7. The van der Waals surface area contributed by atoms with Gasteiger partial charge in [0.05, 0.1) is 33.6 Å². The van der Waals surface area contributed by atoms with Crippen LogP contribution in [0.5, 0.6) is 11.5 Å². The highest BCUT2D eigenvalue weighted by Gasteiger charge is 2.23. The topological polar surface area (TPSA) is 54.0 Å². The van der Waals surface area contributed by atoms with Gasteiger partial charge in [-0.25, -0.2) is 0 Å². The van der Waals surface area contributed by atoms with Gasteiger partial charge < -0.3 is 18.5 Å². The minimum atomic E-state index is -3.08. The van der Waals surface area contributed by atoms with Crippen LogP contribution >= 0.6 is 7.60 Å². The van der Waals surface area contributed by atoms with Crippen molar-refractivity contribution in [3.05, 3.63) is 59.2 Å². The highest BCUT2D eigenvalue weighted by Crippen LogP contribution is 2.51. The molecular weight excluding hydrogens is 363 g/mol. The molecule has 0 spiro atoms. The molecule has 2 aromatic rings. The molecule has 0 aliphatic rings. The van der Waals surface area contributed by atoms with Crippen molar-refractivity contribution in [3.63, 3.8) is 0 Å². The Labute approximate surface area is 161 Å². The lowest BCUT2D eigenvalue weighted by Crippen LogP contribution is -1.99. The van der Waals surface area contributed by atoms with E-state index in [4.69, 9.17) is 18.5 Å². The Kier molecular flexibility index (Phi) is 8.11. The summed E-state index contributed by atoms with van der Waals surface area (Å²) in [5.41, 5.74) is 2.90. The molecule has 0 aromatic heterocycles. The van der Waals surface area contributed by atoms with Crippen LogP contribution in [0.1, 0.15) is 30.5 Å². The molecule has 5 nitrogen and oxygen atoms in total. The van der Waals surface area contributed by atoms with Crippen LogP contribution in [0.15, 0.2) is 42.5 Å². The number of rotatable bonds is 10. The van der Waals surface area contributed by atoms with Crippen LogP contribution in [-0.4, -0.2) is 27.4 Å². The molecule has 0 amide bonds. The first-order valence-corrected chi connectivity index (χ1v) is 10.6. The zero-order chi connectivity index (χ0) is 19.7. The summed E-state index contributed by atoms with van der Waals surface area (Å²) in [6.07, 6.45) is 4.25. The molecule has 0 fully saturated rings. The molecule has 0 unspecified atom stereocenters. The van der Waals surface area contributed by atoms with Gasteiger partial charge in [0, 0.05) is 11.6 Å².